The zero-order valence-electron chi connectivity index (χ0n) is 12.4. The van der Waals surface area contributed by atoms with Crippen LogP contribution in [0.5, 0.6) is 0 Å². The number of likely N-dealkylation sites (tertiary alicyclic amines) is 1. The van der Waals surface area contributed by atoms with E-state index in [-0.39, 0.29) is 23.2 Å². The van der Waals surface area contributed by atoms with E-state index in [1.807, 2.05) is 0 Å². The molecule has 0 bridgehead atoms. The number of carbonyl (C=O) groups excluding carboxylic acids is 2. The molecule has 1 aliphatic rings. The molecule has 1 aliphatic heterocycles. The minimum atomic E-state index is -1.15. The van der Waals surface area contributed by atoms with Gasteiger partial charge in [-0.15, -0.1) is 0 Å². The third-order valence-corrected chi connectivity index (χ3v) is 3.73. The molecule has 1 aromatic rings. The number of aromatic carboxylic acids is 1. The summed E-state index contributed by atoms with van der Waals surface area (Å²) < 4.78 is 0. The fourth-order valence-electron chi connectivity index (χ4n) is 2.46. The Bertz CT molecular complexity index is 580. The van der Waals surface area contributed by atoms with Crippen molar-refractivity contribution in [2.75, 3.05) is 19.6 Å². The van der Waals surface area contributed by atoms with E-state index in [4.69, 9.17) is 5.11 Å². The summed E-state index contributed by atoms with van der Waals surface area (Å²) in [5.74, 6) is -1.08. The van der Waals surface area contributed by atoms with Crippen molar-refractivity contribution < 1.29 is 19.5 Å². The molecule has 118 valence electrons. The first-order valence-electron chi connectivity index (χ1n) is 7.21. The predicted molar refractivity (Wildman–Crippen MR) is 78.5 cm³/mol. The minimum absolute atomic E-state index is 0.0480. The van der Waals surface area contributed by atoms with Gasteiger partial charge < -0.3 is 15.3 Å². The van der Waals surface area contributed by atoms with E-state index >= 15 is 0 Å². The van der Waals surface area contributed by atoms with Gasteiger partial charge in [0.2, 0.25) is 5.91 Å². The number of amides is 2. The molecule has 1 fully saturated rings. The lowest BCUT2D eigenvalue weighted by atomic mass is 9.96. The second-order valence-electron chi connectivity index (χ2n) is 5.39. The van der Waals surface area contributed by atoms with Crippen LogP contribution in [0.3, 0.4) is 0 Å². The Morgan fingerprint density at radius 1 is 1.27 bits per heavy atom. The average molecular weight is 305 g/mol. The van der Waals surface area contributed by atoms with Gasteiger partial charge in [0, 0.05) is 26.6 Å². The largest absolute Gasteiger partial charge is 0.477 e. The van der Waals surface area contributed by atoms with Crippen molar-refractivity contribution in [1.82, 2.24) is 15.2 Å². The lowest BCUT2D eigenvalue weighted by Crippen LogP contribution is -2.41. The topological polar surface area (TPSA) is 99.6 Å². The molecule has 0 aromatic carbocycles. The normalized spacial score (nSPS) is 15.4. The summed E-state index contributed by atoms with van der Waals surface area (Å²) in [6.07, 6.45) is 1.62. The lowest BCUT2D eigenvalue weighted by molar-refractivity contribution is -0.119. The van der Waals surface area contributed by atoms with Gasteiger partial charge in [0.15, 0.2) is 0 Å². The van der Waals surface area contributed by atoms with Gasteiger partial charge in [-0.2, -0.15) is 0 Å². The lowest BCUT2D eigenvalue weighted by Gasteiger charge is -2.31. The van der Waals surface area contributed by atoms with Crippen LogP contribution < -0.4 is 5.32 Å². The standard InChI is InChI=1S/C15H19N3O4/c1-10(19)16-9-11-5-7-18(8-6-11)14(20)12-3-2-4-13(17-12)15(21)22/h2-4,11H,5-9H2,1H3,(H,16,19)(H,21,22). The van der Waals surface area contributed by atoms with Crippen molar-refractivity contribution >= 4 is 17.8 Å². The van der Waals surface area contributed by atoms with E-state index in [2.05, 4.69) is 10.3 Å². The van der Waals surface area contributed by atoms with Crippen molar-refractivity contribution in [3.63, 3.8) is 0 Å². The van der Waals surface area contributed by atoms with Crippen LogP contribution in [0.4, 0.5) is 0 Å². The highest BCUT2D eigenvalue weighted by molar-refractivity contribution is 5.94. The zero-order valence-corrected chi connectivity index (χ0v) is 12.4. The van der Waals surface area contributed by atoms with E-state index in [1.165, 1.54) is 25.1 Å². The quantitative estimate of drug-likeness (QED) is 0.856. The second kappa shape index (κ2) is 7.02. The smallest absolute Gasteiger partial charge is 0.354 e. The molecule has 2 heterocycles. The highest BCUT2D eigenvalue weighted by Gasteiger charge is 2.24. The number of piperidine rings is 1. The van der Waals surface area contributed by atoms with Crippen LogP contribution in [0, 0.1) is 5.92 Å². The van der Waals surface area contributed by atoms with Crippen LogP contribution in [0.25, 0.3) is 0 Å². The molecular weight excluding hydrogens is 286 g/mol. The number of carboxylic acids is 1. The average Bonchev–Trinajstić information content (AvgIpc) is 2.53. The molecule has 2 N–H and O–H groups in total. The Hall–Kier alpha value is -2.44. The number of carbonyl (C=O) groups is 3. The van der Waals surface area contributed by atoms with Crippen LogP contribution in [0.15, 0.2) is 18.2 Å². The third-order valence-electron chi connectivity index (χ3n) is 3.73. The number of pyridine rings is 1. The Morgan fingerprint density at radius 3 is 2.50 bits per heavy atom. The molecule has 1 saturated heterocycles. The summed E-state index contributed by atoms with van der Waals surface area (Å²) in [5.41, 5.74) is 0.0200. The molecule has 0 unspecified atom stereocenters. The monoisotopic (exact) mass is 305 g/mol. The maximum absolute atomic E-state index is 12.3. The molecule has 0 radical (unpaired) electrons. The van der Waals surface area contributed by atoms with Gasteiger partial charge in [-0.05, 0) is 30.9 Å². The third kappa shape index (κ3) is 4.03. The van der Waals surface area contributed by atoms with Crippen molar-refractivity contribution in [1.29, 1.82) is 0 Å². The van der Waals surface area contributed by atoms with E-state index in [9.17, 15) is 14.4 Å². The van der Waals surface area contributed by atoms with Gasteiger partial charge in [0.25, 0.3) is 5.91 Å². The van der Waals surface area contributed by atoms with Gasteiger partial charge in [-0.25, -0.2) is 9.78 Å². The highest BCUT2D eigenvalue weighted by atomic mass is 16.4. The van der Waals surface area contributed by atoms with Crippen LogP contribution in [-0.4, -0.2) is 52.4 Å². The van der Waals surface area contributed by atoms with E-state index in [0.717, 1.165) is 12.8 Å². The van der Waals surface area contributed by atoms with Crippen molar-refractivity contribution in [2.24, 2.45) is 5.92 Å². The van der Waals surface area contributed by atoms with Crippen LogP contribution in [-0.2, 0) is 4.79 Å². The van der Waals surface area contributed by atoms with Gasteiger partial charge in [-0.1, -0.05) is 6.07 Å². The fraction of sp³-hybridized carbons (Fsp3) is 0.467. The number of rotatable bonds is 4. The van der Waals surface area contributed by atoms with Gasteiger partial charge in [0.1, 0.15) is 11.4 Å². The zero-order chi connectivity index (χ0) is 16.1. The molecule has 1 aromatic heterocycles. The summed E-state index contributed by atoms with van der Waals surface area (Å²) in [5, 5.41) is 11.7. The summed E-state index contributed by atoms with van der Waals surface area (Å²) in [4.78, 5) is 39.7. The molecule has 2 amide bonds. The molecule has 0 spiro atoms. The van der Waals surface area contributed by atoms with Crippen molar-refractivity contribution in [2.45, 2.75) is 19.8 Å². The van der Waals surface area contributed by atoms with Crippen LogP contribution in [0.2, 0.25) is 0 Å². The maximum Gasteiger partial charge on any atom is 0.354 e. The first-order valence-corrected chi connectivity index (χ1v) is 7.21. The van der Waals surface area contributed by atoms with E-state index < -0.39 is 5.97 Å². The number of aromatic nitrogens is 1. The number of hydrogen-bond acceptors (Lipinski definition) is 4. The first kappa shape index (κ1) is 15.9. The Balaban J connectivity index is 1.93. The molecule has 22 heavy (non-hydrogen) atoms. The van der Waals surface area contributed by atoms with Crippen LogP contribution in [0.1, 0.15) is 40.7 Å². The summed E-state index contributed by atoms with van der Waals surface area (Å²) in [7, 11) is 0. The van der Waals surface area contributed by atoms with Gasteiger partial charge in [-0.3, -0.25) is 9.59 Å². The maximum atomic E-state index is 12.3. The summed E-state index contributed by atoms with van der Waals surface area (Å²) in [6.45, 7) is 3.29. The molecule has 7 nitrogen and oxygen atoms in total. The van der Waals surface area contributed by atoms with Gasteiger partial charge >= 0.3 is 5.97 Å². The molecule has 0 aliphatic carbocycles. The second-order valence-corrected chi connectivity index (χ2v) is 5.39. The highest BCUT2D eigenvalue weighted by Crippen LogP contribution is 2.18. The molecule has 7 heteroatoms. The van der Waals surface area contributed by atoms with Crippen molar-refractivity contribution in [3.05, 3.63) is 29.6 Å². The van der Waals surface area contributed by atoms with E-state index in [0.29, 0.717) is 25.6 Å². The Labute approximate surface area is 128 Å². The number of nitrogens with one attached hydrogen (secondary N) is 1. The molecule has 0 atom stereocenters. The van der Waals surface area contributed by atoms with E-state index in [1.54, 1.807) is 4.90 Å². The minimum Gasteiger partial charge on any atom is -0.477 e. The summed E-state index contributed by atoms with van der Waals surface area (Å²) in [6, 6.07) is 4.41. The summed E-state index contributed by atoms with van der Waals surface area (Å²) >= 11 is 0. The van der Waals surface area contributed by atoms with Crippen LogP contribution >= 0.6 is 0 Å². The number of hydrogen-bond donors (Lipinski definition) is 2. The molecular formula is C15H19N3O4. The van der Waals surface area contributed by atoms with Crippen molar-refractivity contribution in [3.8, 4) is 0 Å². The molecule has 2 rings (SSSR count). The van der Waals surface area contributed by atoms with Gasteiger partial charge in [0.05, 0.1) is 0 Å². The SMILES string of the molecule is CC(=O)NCC1CCN(C(=O)c2cccc(C(=O)O)n2)CC1. The first-order chi connectivity index (χ1) is 10.5. The Morgan fingerprint density at radius 2 is 1.91 bits per heavy atom. The Kier molecular flexibility index (Phi) is 5.08. The number of carboxylic acid groups (broad SMARTS) is 1. The number of nitrogens with zero attached hydrogens (tertiary/aromatic N) is 2. The predicted octanol–water partition coefficient (Wildman–Crippen LogP) is 0.768. The fourth-order valence-corrected chi connectivity index (χ4v) is 2.46. The molecule has 0 saturated carbocycles.